The Kier molecular flexibility index (Phi) is 7.66. The normalized spacial score (nSPS) is 14.0. The van der Waals surface area contributed by atoms with E-state index in [2.05, 4.69) is 16.8 Å². The van der Waals surface area contributed by atoms with E-state index >= 15 is 0 Å². The molecule has 1 heterocycles. The van der Waals surface area contributed by atoms with Crippen molar-refractivity contribution in [2.45, 2.75) is 65.3 Å². The number of allylic oxidation sites excluding steroid dienone is 2. The largest absolute Gasteiger partial charge is 0.389 e. The zero-order valence-electron chi connectivity index (χ0n) is 16.2. The van der Waals surface area contributed by atoms with E-state index in [0.29, 0.717) is 13.1 Å². The fourth-order valence-electron chi connectivity index (χ4n) is 3.15. The fraction of sp³-hybridized carbons (Fsp3) is 0.476. The highest BCUT2D eigenvalue weighted by Crippen LogP contribution is 2.25. The van der Waals surface area contributed by atoms with Gasteiger partial charge in [-0.2, -0.15) is 13.2 Å². The van der Waals surface area contributed by atoms with Crippen LogP contribution in [0.4, 0.5) is 13.2 Å². The zero-order chi connectivity index (χ0) is 19.9. The lowest BCUT2D eigenvalue weighted by Gasteiger charge is -2.29. The summed E-state index contributed by atoms with van der Waals surface area (Å²) in [5.74, 6) is 0.847. The van der Waals surface area contributed by atoms with Crippen molar-refractivity contribution in [1.82, 2.24) is 14.5 Å². The Labute approximate surface area is 159 Å². The standard InChI is InChI=1S/C21H28F3N3/c1-4-19(5-2)27-14-13-25-20(27)16-26(15-18-9-7-6-8-10-18)17(3)11-12-21(22,23)24/h4,6-10,13-14,17H,5,11-12,15-16H2,1-3H3/b19-4+. The minimum absolute atomic E-state index is 0.0707. The molecular formula is C21H28F3N3. The molecule has 27 heavy (non-hydrogen) atoms. The summed E-state index contributed by atoms with van der Waals surface area (Å²) in [4.78, 5) is 6.54. The number of rotatable bonds is 9. The number of alkyl halides is 3. The molecule has 148 valence electrons. The van der Waals surface area contributed by atoms with Gasteiger partial charge in [0, 0.05) is 37.1 Å². The lowest BCUT2D eigenvalue weighted by molar-refractivity contribution is -0.138. The molecule has 0 N–H and O–H groups in total. The highest BCUT2D eigenvalue weighted by atomic mass is 19.4. The maximum absolute atomic E-state index is 12.7. The number of benzene rings is 1. The molecule has 0 fully saturated rings. The van der Waals surface area contributed by atoms with E-state index in [1.165, 1.54) is 0 Å². The van der Waals surface area contributed by atoms with Crippen molar-refractivity contribution in [1.29, 1.82) is 0 Å². The summed E-state index contributed by atoms with van der Waals surface area (Å²) in [5, 5.41) is 0. The number of halogens is 3. The molecule has 2 aromatic rings. The van der Waals surface area contributed by atoms with Crippen molar-refractivity contribution in [3.63, 3.8) is 0 Å². The predicted octanol–water partition coefficient (Wildman–Crippen LogP) is 5.89. The van der Waals surface area contributed by atoms with Gasteiger partial charge in [-0.15, -0.1) is 0 Å². The van der Waals surface area contributed by atoms with Crippen LogP contribution in [0.2, 0.25) is 0 Å². The first-order chi connectivity index (χ1) is 12.8. The molecule has 1 aromatic carbocycles. The fourth-order valence-corrected chi connectivity index (χ4v) is 3.15. The van der Waals surface area contributed by atoms with E-state index in [0.717, 1.165) is 23.5 Å². The summed E-state index contributed by atoms with van der Waals surface area (Å²) in [6, 6.07) is 9.62. The van der Waals surface area contributed by atoms with Crippen LogP contribution in [-0.4, -0.2) is 26.7 Å². The van der Waals surface area contributed by atoms with Gasteiger partial charge in [-0.1, -0.05) is 43.3 Å². The first-order valence-corrected chi connectivity index (χ1v) is 9.36. The van der Waals surface area contributed by atoms with Crippen LogP contribution < -0.4 is 0 Å². The van der Waals surface area contributed by atoms with Crippen LogP contribution in [0, 0.1) is 0 Å². The van der Waals surface area contributed by atoms with E-state index in [1.807, 2.05) is 61.0 Å². The van der Waals surface area contributed by atoms with Gasteiger partial charge in [0.15, 0.2) is 0 Å². The van der Waals surface area contributed by atoms with Gasteiger partial charge in [-0.25, -0.2) is 4.98 Å². The Balaban J connectivity index is 2.21. The molecule has 2 rings (SSSR count). The number of aromatic nitrogens is 2. The van der Waals surface area contributed by atoms with Crippen molar-refractivity contribution < 1.29 is 13.2 Å². The van der Waals surface area contributed by atoms with Crippen molar-refractivity contribution in [2.75, 3.05) is 0 Å². The summed E-state index contributed by atoms with van der Waals surface area (Å²) in [6.45, 7) is 7.00. The van der Waals surface area contributed by atoms with Crippen LogP contribution in [-0.2, 0) is 13.1 Å². The molecule has 0 spiro atoms. The summed E-state index contributed by atoms with van der Waals surface area (Å²) in [5.41, 5.74) is 2.21. The molecule has 0 aliphatic heterocycles. The van der Waals surface area contributed by atoms with E-state index in [1.54, 1.807) is 6.20 Å². The number of nitrogens with zero attached hydrogens (tertiary/aromatic N) is 3. The van der Waals surface area contributed by atoms with Crippen molar-refractivity contribution >= 4 is 5.70 Å². The highest BCUT2D eigenvalue weighted by Gasteiger charge is 2.29. The van der Waals surface area contributed by atoms with Gasteiger partial charge < -0.3 is 4.57 Å². The maximum Gasteiger partial charge on any atom is 0.389 e. The molecule has 1 atom stereocenters. The van der Waals surface area contributed by atoms with Gasteiger partial charge in [0.2, 0.25) is 0 Å². The van der Waals surface area contributed by atoms with E-state index in [9.17, 15) is 13.2 Å². The molecule has 0 bridgehead atoms. The number of hydrogen-bond donors (Lipinski definition) is 0. The summed E-state index contributed by atoms with van der Waals surface area (Å²) in [6.07, 6.45) is 1.72. The third kappa shape index (κ3) is 6.54. The van der Waals surface area contributed by atoms with Crippen LogP contribution in [0.25, 0.3) is 5.70 Å². The third-order valence-electron chi connectivity index (χ3n) is 4.76. The Hall–Kier alpha value is -2.08. The Morgan fingerprint density at radius 3 is 2.52 bits per heavy atom. The third-order valence-corrected chi connectivity index (χ3v) is 4.76. The van der Waals surface area contributed by atoms with E-state index < -0.39 is 12.6 Å². The quantitative estimate of drug-likeness (QED) is 0.542. The predicted molar refractivity (Wildman–Crippen MR) is 103 cm³/mol. The average molecular weight is 379 g/mol. The molecule has 0 amide bonds. The smallest absolute Gasteiger partial charge is 0.307 e. The molecular weight excluding hydrogens is 351 g/mol. The van der Waals surface area contributed by atoms with Gasteiger partial charge in [0.05, 0.1) is 6.54 Å². The number of imidazole rings is 1. The van der Waals surface area contributed by atoms with Gasteiger partial charge in [0.25, 0.3) is 0 Å². The summed E-state index contributed by atoms with van der Waals surface area (Å²) in [7, 11) is 0. The second kappa shape index (κ2) is 9.74. The molecule has 0 aliphatic rings. The first-order valence-electron chi connectivity index (χ1n) is 9.36. The molecule has 0 saturated carbocycles. The lowest BCUT2D eigenvalue weighted by atomic mass is 10.1. The zero-order valence-corrected chi connectivity index (χ0v) is 16.2. The minimum Gasteiger partial charge on any atom is -0.307 e. The second-order valence-corrected chi connectivity index (χ2v) is 6.74. The van der Waals surface area contributed by atoms with Gasteiger partial charge in [0.1, 0.15) is 5.82 Å². The molecule has 1 aromatic heterocycles. The van der Waals surface area contributed by atoms with Crippen LogP contribution in [0.15, 0.2) is 48.8 Å². The summed E-state index contributed by atoms with van der Waals surface area (Å²) >= 11 is 0. The maximum atomic E-state index is 12.7. The van der Waals surface area contributed by atoms with Crippen molar-refractivity contribution in [3.8, 4) is 0 Å². The Bertz CT molecular complexity index is 720. The van der Waals surface area contributed by atoms with Crippen molar-refractivity contribution in [2.24, 2.45) is 0 Å². The van der Waals surface area contributed by atoms with Gasteiger partial charge in [-0.05, 0) is 32.3 Å². The lowest BCUT2D eigenvalue weighted by Crippen LogP contribution is -2.34. The van der Waals surface area contributed by atoms with E-state index in [4.69, 9.17) is 0 Å². The van der Waals surface area contributed by atoms with Gasteiger partial charge >= 0.3 is 6.18 Å². The Morgan fingerprint density at radius 1 is 1.22 bits per heavy atom. The molecule has 0 aliphatic carbocycles. The number of hydrogen-bond acceptors (Lipinski definition) is 2. The highest BCUT2D eigenvalue weighted by molar-refractivity contribution is 5.45. The molecule has 3 nitrogen and oxygen atoms in total. The molecule has 0 radical (unpaired) electrons. The van der Waals surface area contributed by atoms with Crippen molar-refractivity contribution in [3.05, 3.63) is 60.2 Å². The molecule has 1 unspecified atom stereocenters. The second-order valence-electron chi connectivity index (χ2n) is 6.74. The molecule has 6 heteroatoms. The first kappa shape index (κ1) is 21.2. The van der Waals surface area contributed by atoms with Crippen LogP contribution in [0.5, 0.6) is 0 Å². The topological polar surface area (TPSA) is 21.1 Å². The average Bonchev–Trinajstić information content (AvgIpc) is 3.08. The SMILES string of the molecule is C/C=C(\CC)n1ccnc1CN(Cc1ccccc1)C(C)CCC(F)(F)F. The Morgan fingerprint density at radius 2 is 1.93 bits per heavy atom. The van der Waals surface area contributed by atoms with Crippen LogP contribution in [0.3, 0.4) is 0 Å². The monoisotopic (exact) mass is 379 g/mol. The van der Waals surface area contributed by atoms with Crippen LogP contribution >= 0.6 is 0 Å². The van der Waals surface area contributed by atoms with Gasteiger partial charge in [-0.3, -0.25) is 4.90 Å². The summed E-state index contributed by atoms with van der Waals surface area (Å²) < 4.78 is 40.1. The van der Waals surface area contributed by atoms with E-state index in [-0.39, 0.29) is 12.5 Å². The molecule has 0 saturated heterocycles. The minimum atomic E-state index is -4.13. The van der Waals surface area contributed by atoms with Crippen LogP contribution in [0.1, 0.15) is 51.4 Å².